The summed E-state index contributed by atoms with van der Waals surface area (Å²) >= 11 is 12.7. The van der Waals surface area contributed by atoms with E-state index in [1.54, 1.807) is 37.3 Å². The molecule has 0 bridgehead atoms. The summed E-state index contributed by atoms with van der Waals surface area (Å²) in [5, 5.41) is 15.3. The highest BCUT2D eigenvalue weighted by atomic mass is 35.5. The molecule has 2 aromatic carbocycles. The van der Waals surface area contributed by atoms with Gasteiger partial charge in [0.2, 0.25) is 5.88 Å². The largest absolute Gasteiger partial charge is 0.472 e. The Balaban J connectivity index is 1.83. The lowest BCUT2D eigenvalue weighted by atomic mass is 10.0. The van der Waals surface area contributed by atoms with Crippen molar-refractivity contribution in [1.82, 2.24) is 19.6 Å². The topological polar surface area (TPSA) is 72.5 Å². The number of rotatable bonds is 6. The smallest absolute Gasteiger partial charge is 0.433 e. The molecule has 5 rings (SSSR count). The summed E-state index contributed by atoms with van der Waals surface area (Å²) in [5.74, 6) is 0.148. The van der Waals surface area contributed by atoms with Crippen LogP contribution in [0.5, 0.6) is 5.88 Å². The van der Waals surface area contributed by atoms with Gasteiger partial charge in [0.05, 0.1) is 22.9 Å². The lowest BCUT2D eigenvalue weighted by molar-refractivity contribution is -0.141. The Hall–Kier alpha value is -3.66. The van der Waals surface area contributed by atoms with Gasteiger partial charge in [-0.2, -0.15) is 23.3 Å². The number of benzene rings is 2. The highest BCUT2D eigenvalue weighted by Crippen LogP contribution is 2.40. The second-order valence-corrected chi connectivity index (χ2v) is 9.31. The van der Waals surface area contributed by atoms with E-state index < -0.39 is 18.0 Å². The number of aromatic nitrogens is 4. The molecule has 0 aliphatic carbocycles. The van der Waals surface area contributed by atoms with Crippen molar-refractivity contribution < 1.29 is 23.0 Å². The third kappa shape index (κ3) is 5.05. The lowest BCUT2D eigenvalue weighted by Crippen LogP contribution is -2.17. The molecule has 5 aromatic rings. The molecule has 11 heteroatoms. The SMILES string of the molecule is C[C@@H](CO)Oc1cc(-c2ccc(C(F)(F)F)nc2)n2nc(-c3ccccc3Cl)c(-c3ccc(Cl)cc3)c2n1. The fourth-order valence-corrected chi connectivity index (χ4v) is 4.29. The van der Waals surface area contributed by atoms with Crippen LogP contribution in [-0.2, 0) is 6.18 Å². The van der Waals surface area contributed by atoms with Crippen LogP contribution in [0.25, 0.3) is 39.3 Å². The second kappa shape index (κ2) is 10.2. The highest BCUT2D eigenvalue weighted by molar-refractivity contribution is 6.33. The standard InChI is InChI=1S/C27H19Cl2F3N4O2/c1-15(14-37)38-23-12-21(17-8-11-22(33-13-17)27(30,31)32)36-26(34-23)24(16-6-9-18(28)10-7-16)25(35-36)19-4-2-3-5-20(19)29/h2-13,15,37H,14H2,1H3/t15-/m0/s1. The van der Waals surface area contributed by atoms with Crippen LogP contribution < -0.4 is 4.74 Å². The zero-order valence-electron chi connectivity index (χ0n) is 19.7. The summed E-state index contributed by atoms with van der Waals surface area (Å²) in [6.07, 6.45) is -4.05. The van der Waals surface area contributed by atoms with E-state index in [0.717, 1.165) is 17.8 Å². The van der Waals surface area contributed by atoms with E-state index in [2.05, 4.69) is 9.97 Å². The Kier molecular flexibility index (Phi) is 7.00. The molecular weight excluding hydrogens is 540 g/mol. The molecule has 6 nitrogen and oxygen atoms in total. The van der Waals surface area contributed by atoms with Gasteiger partial charge in [0, 0.05) is 28.4 Å². The molecular formula is C27H19Cl2F3N4O2. The van der Waals surface area contributed by atoms with E-state index in [1.807, 2.05) is 24.3 Å². The summed E-state index contributed by atoms with van der Waals surface area (Å²) < 4.78 is 46.8. The van der Waals surface area contributed by atoms with E-state index in [0.29, 0.717) is 43.8 Å². The highest BCUT2D eigenvalue weighted by Gasteiger charge is 2.32. The molecule has 194 valence electrons. The van der Waals surface area contributed by atoms with Crippen molar-refractivity contribution in [2.24, 2.45) is 0 Å². The average Bonchev–Trinajstić information content (AvgIpc) is 3.27. The van der Waals surface area contributed by atoms with E-state index in [1.165, 1.54) is 10.6 Å². The van der Waals surface area contributed by atoms with Crippen LogP contribution in [0.2, 0.25) is 10.0 Å². The number of pyridine rings is 1. The van der Waals surface area contributed by atoms with E-state index in [-0.39, 0.29) is 12.5 Å². The van der Waals surface area contributed by atoms with Crippen LogP contribution in [0.1, 0.15) is 12.6 Å². The fourth-order valence-electron chi connectivity index (χ4n) is 3.94. The van der Waals surface area contributed by atoms with Gasteiger partial charge in [0.1, 0.15) is 17.5 Å². The summed E-state index contributed by atoms with van der Waals surface area (Å²) in [6, 6.07) is 18.0. The number of aliphatic hydroxyl groups is 1. The van der Waals surface area contributed by atoms with Gasteiger partial charge in [0.15, 0.2) is 5.65 Å². The van der Waals surface area contributed by atoms with Crippen molar-refractivity contribution >= 4 is 28.8 Å². The van der Waals surface area contributed by atoms with Crippen LogP contribution in [0.15, 0.2) is 72.9 Å². The third-order valence-corrected chi connectivity index (χ3v) is 6.34. The van der Waals surface area contributed by atoms with Crippen molar-refractivity contribution in [3.8, 4) is 39.5 Å². The predicted octanol–water partition coefficient (Wildman–Crippen LogP) is 7.21. The number of hydrogen-bond donors (Lipinski definition) is 1. The molecule has 3 aromatic heterocycles. The first-order valence-corrected chi connectivity index (χ1v) is 12.2. The summed E-state index contributed by atoms with van der Waals surface area (Å²) in [7, 11) is 0. The number of nitrogens with zero attached hydrogens (tertiary/aromatic N) is 4. The summed E-state index contributed by atoms with van der Waals surface area (Å²) in [6.45, 7) is 1.40. The van der Waals surface area contributed by atoms with Crippen LogP contribution in [-0.4, -0.2) is 37.4 Å². The molecule has 1 atom stereocenters. The zero-order chi connectivity index (χ0) is 27.0. The molecule has 0 saturated carbocycles. The van der Waals surface area contributed by atoms with E-state index in [9.17, 15) is 18.3 Å². The Morgan fingerprint density at radius 3 is 2.34 bits per heavy atom. The number of hydrogen-bond acceptors (Lipinski definition) is 5. The molecule has 38 heavy (non-hydrogen) atoms. The van der Waals surface area contributed by atoms with E-state index >= 15 is 0 Å². The van der Waals surface area contributed by atoms with Gasteiger partial charge in [0.25, 0.3) is 0 Å². The van der Waals surface area contributed by atoms with Gasteiger partial charge in [-0.1, -0.05) is 53.5 Å². The predicted molar refractivity (Wildman–Crippen MR) is 139 cm³/mol. The van der Waals surface area contributed by atoms with Gasteiger partial charge in [-0.25, -0.2) is 4.52 Å². The van der Waals surface area contributed by atoms with Gasteiger partial charge < -0.3 is 9.84 Å². The van der Waals surface area contributed by atoms with Gasteiger partial charge in [-0.05, 0) is 42.8 Å². The minimum absolute atomic E-state index is 0.148. The average molecular weight is 559 g/mol. The molecule has 0 amide bonds. The maximum atomic E-state index is 13.2. The molecule has 0 saturated heterocycles. The van der Waals surface area contributed by atoms with Crippen LogP contribution in [0.3, 0.4) is 0 Å². The van der Waals surface area contributed by atoms with Crippen molar-refractivity contribution in [2.75, 3.05) is 6.61 Å². The van der Waals surface area contributed by atoms with Crippen molar-refractivity contribution in [1.29, 1.82) is 0 Å². The molecule has 0 fully saturated rings. The molecule has 0 spiro atoms. The number of ether oxygens (including phenoxy) is 1. The molecule has 3 heterocycles. The molecule has 0 unspecified atom stereocenters. The third-order valence-electron chi connectivity index (χ3n) is 5.76. The number of alkyl halides is 3. The lowest BCUT2D eigenvalue weighted by Gasteiger charge is -2.14. The summed E-state index contributed by atoms with van der Waals surface area (Å²) in [4.78, 5) is 8.28. The van der Waals surface area contributed by atoms with Gasteiger partial charge >= 0.3 is 6.18 Å². The van der Waals surface area contributed by atoms with Crippen molar-refractivity contribution in [3.05, 3.63) is 88.7 Å². The molecule has 1 N–H and O–H groups in total. The maximum Gasteiger partial charge on any atom is 0.433 e. The fraction of sp³-hybridized carbons (Fsp3) is 0.148. The number of aliphatic hydroxyl groups excluding tert-OH is 1. The maximum absolute atomic E-state index is 13.2. The Morgan fingerprint density at radius 2 is 1.71 bits per heavy atom. The monoisotopic (exact) mass is 558 g/mol. The number of fused-ring (bicyclic) bond motifs is 1. The molecule has 0 aliphatic heterocycles. The minimum atomic E-state index is -4.58. The minimum Gasteiger partial charge on any atom is -0.472 e. The van der Waals surface area contributed by atoms with Crippen molar-refractivity contribution in [2.45, 2.75) is 19.2 Å². The van der Waals surface area contributed by atoms with Gasteiger partial charge in [-0.3, -0.25) is 4.98 Å². The van der Waals surface area contributed by atoms with Crippen LogP contribution in [0, 0.1) is 0 Å². The number of halogens is 5. The second-order valence-electron chi connectivity index (χ2n) is 8.47. The molecule has 0 aliphatic rings. The molecule has 0 radical (unpaired) electrons. The first-order chi connectivity index (χ1) is 18.2. The Labute approximate surface area is 225 Å². The first-order valence-electron chi connectivity index (χ1n) is 11.4. The van der Waals surface area contributed by atoms with Crippen LogP contribution >= 0.6 is 23.2 Å². The van der Waals surface area contributed by atoms with Gasteiger partial charge in [-0.15, -0.1) is 0 Å². The summed E-state index contributed by atoms with van der Waals surface area (Å²) in [5.41, 5.74) is 2.54. The first kappa shape index (κ1) is 26.0. The zero-order valence-corrected chi connectivity index (χ0v) is 21.3. The Morgan fingerprint density at radius 1 is 1.00 bits per heavy atom. The normalized spacial score (nSPS) is 12.6. The van der Waals surface area contributed by atoms with Crippen molar-refractivity contribution in [3.63, 3.8) is 0 Å². The van der Waals surface area contributed by atoms with Crippen LogP contribution in [0.4, 0.5) is 13.2 Å². The van der Waals surface area contributed by atoms with E-state index in [4.69, 9.17) is 33.0 Å². The Bertz CT molecular complexity index is 1600. The quantitative estimate of drug-likeness (QED) is 0.238.